The lowest BCUT2D eigenvalue weighted by Gasteiger charge is -2.16. The summed E-state index contributed by atoms with van der Waals surface area (Å²) in [6, 6.07) is 4.23. The van der Waals surface area contributed by atoms with Crippen LogP contribution in [0.1, 0.15) is 17.4 Å². The van der Waals surface area contributed by atoms with Gasteiger partial charge in [-0.05, 0) is 19.1 Å². The van der Waals surface area contributed by atoms with Crippen molar-refractivity contribution in [2.45, 2.75) is 19.3 Å². The van der Waals surface area contributed by atoms with Crippen LogP contribution < -0.4 is 31.8 Å². The van der Waals surface area contributed by atoms with Crippen LogP contribution in [0.2, 0.25) is 0 Å². The van der Waals surface area contributed by atoms with Crippen molar-refractivity contribution in [1.82, 2.24) is 15.3 Å². The van der Waals surface area contributed by atoms with Gasteiger partial charge in [-0.1, -0.05) is 6.07 Å². The molecule has 0 radical (unpaired) electrons. The molecule has 12 heteroatoms. The van der Waals surface area contributed by atoms with E-state index in [-0.39, 0.29) is 12.4 Å². The number of H-pyrrole nitrogens is 2. The maximum Gasteiger partial charge on any atom is 0.573 e. The second kappa shape index (κ2) is 7.85. The van der Waals surface area contributed by atoms with Crippen molar-refractivity contribution in [2.75, 3.05) is 12.3 Å². The second-order valence-corrected chi connectivity index (χ2v) is 5.41. The van der Waals surface area contributed by atoms with Crippen molar-refractivity contribution in [2.24, 2.45) is 0 Å². The number of hydrogen-bond acceptors (Lipinski definition) is 6. The van der Waals surface area contributed by atoms with Gasteiger partial charge in [0, 0.05) is 6.07 Å². The third-order valence-electron chi connectivity index (χ3n) is 3.12. The van der Waals surface area contributed by atoms with E-state index in [2.05, 4.69) is 15.0 Å². The summed E-state index contributed by atoms with van der Waals surface area (Å²) < 4.78 is 45.7. The molecule has 1 atom stereocenters. The second-order valence-electron chi connectivity index (χ2n) is 5.41. The zero-order chi connectivity index (χ0) is 20.2. The Hall–Kier alpha value is -3.44. The van der Waals surface area contributed by atoms with Crippen LogP contribution in [-0.4, -0.2) is 34.9 Å². The Labute approximate surface area is 149 Å². The fourth-order valence-electron chi connectivity index (χ4n) is 2.00. The maximum absolute atomic E-state index is 12.2. The molecule has 1 aromatic heterocycles. The number of anilines is 1. The van der Waals surface area contributed by atoms with Gasteiger partial charge in [0.1, 0.15) is 29.5 Å². The quantitative estimate of drug-likeness (QED) is 0.576. The Balaban J connectivity index is 1.98. The maximum atomic E-state index is 12.2. The minimum absolute atomic E-state index is 0.0851. The minimum Gasteiger partial charge on any atom is -0.491 e. The normalized spacial score (nSPS) is 12.3. The lowest BCUT2D eigenvalue weighted by molar-refractivity contribution is -0.274. The molecule has 0 saturated heterocycles. The van der Waals surface area contributed by atoms with Crippen molar-refractivity contribution in [3.8, 4) is 11.5 Å². The molecule has 0 unspecified atom stereocenters. The van der Waals surface area contributed by atoms with E-state index in [1.165, 1.54) is 19.1 Å². The number of alkyl halides is 3. The van der Waals surface area contributed by atoms with Gasteiger partial charge in [-0.3, -0.25) is 14.6 Å². The summed E-state index contributed by atoms with van der Waals surface area (Å²) in [6.45, 7) is 1.42. The van der Waals surface area contributed by atoms with Gasteiger partial charge in [0.2, 0.25) is 0 Å². The standard InChI is InChI=1S/C15H15F3N4O5/c1-7(20-13(24)11-10(19)12(23)22-14(25)21-11)6-26-8-3-2-4-9(5-8)27-15(16,17)18/h2-5,7H,6,19H2,1H3,(H,20,24)(H2,21,22,23,25)/t7-/m1/s1. The molecule has 146 valence electrons. The fourth-order valence-corrected chi connectivity index (χ4v) is 2.00. The van der Waals surface area contributed by atoms with Gasteiger partial charge in [0.25, 0.3) is 11.5 Å². The van der Waals surface area contributed by atoms with E-state index in [0.29, 0.717) is 0 Å². The first-order chi connectivity index (χ1) is 12.5. The van der Waals surface area contributed by atoms with Crippen LogP contribution in [-0.2, 0) is 0 Å². The number of halogens is 3. The Morgan fingerprint density at radius 1 is 1.26 bits per heavy atom. The average Bonchev–Trinajstić information content (AvgIpc) is 2.55. The van der Waals surface area contributed by atoms with Crippen LogP contribution in [0.3, 0.4) is 0 Å². The van der Waals surface area contributed by atoms with E-state index in [1.54, 1.807) is 0 Å². The SMILES string of the molecule is C[C@H](COc1cccc(OC(F)(F)F)c1)NC(=O)c1[nH]c(=O)[nH]c(=O)c1N. The molecule has 5 N–H and O–H groups in total. The monoisotopic (exact) mass is 388 g/mol. The number of aromatic nitrogens is 2. The number of hydrogen-bond donors (Lipinski definition) is 4. The predicted octanol–water partition coefficient (Wildman–Crippen LogP) is 0.741. The zero-order valence-electron chi connectivity index (χ0n) is 13.8. The van der Waals surface area contributed by atoms with E-state index in [0.717, 1.165) is 12.1 Å². The molecule has 0 fully saturated rings. The lowest BCUT2D eigenvalue weighted by Crippen LogP contribution is -2.40. The number of benzene rings is 1. The van der Waals surface area contributed by atoms with Crippen molar-refractivity contribution in [1.29, 1.82) is 0 Å². The van der Waals surface area contributed by atoms with Crippen LogP contribution in [0.4, 0.5) is 18.9 Å². The van der Waals surface area contributed by atoms with E-state index < -0.39 is 46.7 Å². The molecule has 0 aliphatic rings. The molecule has 0 bridgehead atoms. The average molecular weight is 388 g/mol. The number of ether oxygens (including phenoxy) is 2. The van der Waals surface area contributed by atoms with Gasteiger partial charge in [0.15, 0.2) is 0 Å². The number of carbonyl (C=O) groups is 1. The minimum atomic E-state index is -4.83. The molecule has 1 amide bonds. The van der Waals surface area contributed by atoms with Gasteiger partial charge >= 0.3 is 12.1 Å². The van der Waals surface area contributed by atoms with Crippen LogP contribution in [0.15, 0.2) is 33.9 Å². The van der Waals surface area contributed by atoms with Crippen LogP contribution in [0, 0.1) is 0 Å². The molecular weight excluding hydrogens is 373 g/mol. The first kappa shape index (κ1) is 19.9. The van der Waals surface area contributed by atoms with Gasteiger partial charge in [-0.2, -0.15) is 0 Å². The first-order valence-electron chi connectivity index (χ1n) is 7.46. The Bertz CT molecular complexity index is 938. The molecule has 2 rings (SSSR count). The Morgan fingerprint density at radius 2 is 1.93 bits per heavy atom. The molecule has 0 aliphatic carbocycles. The molecular formula is C15H15F3N4O5. The van der Waals surface area contributed by atoms with Crippen LogP contribution >= 0.6 is 0 Å². The third-order valence-corrected chi connectivity index (χ3v) is 3.12. The molecule has 9 nitrogen and oxygen atoms in total. The predicted molar refractivity (Wildman–Crippen MR) is 87.6 cm³/mol. The van der Waals surface area contributed by atoms with E-state index in [1.807, 2.05) is 4.98 Å². The van der Waals surface area contributed by atoms with Gasteiger partial charge in [0.05, 0.1) is 6.04 Å². The number of aromatic amines is 2. The molecule has 0 saturated carbocycles. The summed E-state index contributed by atoms with van der Waals surface area (Å²) in [6.07, 6.45) is -4.83. The van der Waals surface area contributed by atoms with Gasteiger partial charge in [-0.25, -0.2) is 4.79 Å². The number of carbonyl (C=O) groups excluding carboxylic acids is 1. The van der Waals surface area contributed by atoms with Crippen molar-refractivity contribution in [3.05, 3.63) is 50.8 Å². The number of nitrogens with two attached hydrogens (primary N) is 1. The number of rotatable bonds is 6. The Morgan fingerprint density at radius 3 is 2.59 bits per heavy atom. The highest BCUT2D eigenvalue weighted by molar-refractivity contribution is 5.96. The first-order valence-corrected chi connectivity index (χ1v) is 7.46. The summed E-state index contributed by atoms with van der Waals surface area (Å²) in [4.78, 5) is 38.7. The van der Waals surface area contributed by atoms with Crippen LogP contribution in [0.25, 0.3) is 0 Å². The summed E-state index contributed by atoms with van der Waals surface area (Å²) in [7, 11) is 0. The topological polar surface area (TPSA) is 139 Å². The molecule has 2 aromatic rings. The Kier molecular flexibility index (Phi) is 5.78. The van der Waals surface area contributed by atoms with Gasteiger partial charge in [-0.15, -0.1) is 13.2 Å². The smallest absolute Gasteiger partial charge is 0.491 e. The third kappa shape index (κ3) is 5.80. The molecule has 0 aliphatic heterocycles. The van der Waals surface area contributed by atoms with E-state index in [9.17, 15) is 27.6 Å². The molecule has 1 heterocycles. The number of nitrogen functional groups attached to an aromatic ring is 1. The molecule has 27 heavy (non-hydrogen) atoms. The number of amides is 1. The van der Waals surface area contributed by atoms with Crippen molar-refractivity contribution >= 4 is 11.6 Å². The number of nitrogens with one attached hydrogen (secondary N) is 3. The van der Waals surface area contributed by atoms with Gasteiger partial charge < -0.3 is 25.5 Å². The van der Waals surface area contributed by atoms with Crippen molar-refractivity contribution in [3.63, 3.8) is 0 Å². The highest BCUT2D eigenvalue weighted by Gasteiger charge is 2.31. The highest BCUT2D eigenvalue weighted by Crippen LogP contribution is 2.26. The van der Waals surface area contributed by atoms with E-state index >= 15 is 0 Å². The summed E-state index contributed by atoms with van der Waals surface area (Å²) in [5.41, 5.74) is 2.77. The molecule has 0 spiro atoms. The van der Waals surface area contributed by atoms with E-state index in [4.69, 9.17) is 10.5 Å². The van der Waals surface area contributed by atoms with Crippen molar-refractivity contribution < 1.29 is 27.4 Å². The summed E-state index contributed by atoms with van der Waals surface area (Å²) >= 11 is 0. The highest BCUT2D eigenvalue weighted by atomic mass is 19.4. The molecule has 1 aromatic carbocycles. The zero-order valence-corrected chi connectivity index (χ0v) is 13.8. The van der Waals surface area contributed by atoms with Crippen LogP contribution in [0.5, 0.6) is 11.5 Å². The summed E-state index contributed by atoms with van der Waals surface area (Å²) in [5, 5.41) is 2.44. The largest absolute Gasteiger partial charge is 0.573 e. The fraction of sp³-hybridized carbons (Fsp3) is 0.267. The lowest BCUT2D eigenvalue weighted by atomic mass is 10.3. The summed E-state index contributed by atoms with van der Waals surface area (Å²) in [5.74, 6) is -1.19.